The molecule has 110 valence electrons. The topological polar surface area (TPSA) is 78.4 Å². The molecule has 1 aromatic carbocycles. The number of aromatic carboxylic acids is 1. The molecule has 2 aromatic rings. The van der Waals surface area contributed by atoms with E-state index in [0.29, 0.717) is 15.7 Å². The molecule has 1 aromatic heterocycles. The summed E-state index contributed by atoms with van der Waals surface area (Å²) < 4.78 is 0. The Kier molecular flexibility index (Phi) is 4.72. The van der Waals surface area contributed by atoms with Crippen LogP contribution in [0.3, 0.4) is 0 Å². The van der Waals surface area contributed by atoms with Gasteiger partial charge in [-0.2, -0.15) is 0 Å². The maximum absolute atomic E-state index is 11.9. The van der Waals surface area contributed by atoms with E-state index in [1.54, 1.807) is 19.1 Å². The summed E-state index contributed by atoms with van der Waals surface area (Å²) in [6, 6.07) is 5.55. The minimum Gasteiger partial charge on any atom is -0.478 e. The molecular weight excluding hydrogens is 335 g/mol. The molecule has 2 amide bonds. The zero-order valence-corrected chi connectivity index (χ0v) is 13.1. The van der Waals surface area contributed by atoms with Crippen molar-refractivity contribution < 1.29 is 14.7 Å². The van der Waals surface area contributed by atoms with Gasteiger partial charge in [-0.15, -0.1) is 11.3 Å². The largest absolute Gasteiger partial charge is 0.478 e. The Balaban J connectivity index is 2.15. The molecule has 21 heavy (non-hydrogen) atoms. The van der Waals surface area contributed by atoms with Crippen molar-refractivity contribution in [3.05, 3.63) is 44.8 Å². The van der Waals surface area contributed by atoms with Gasteiger partial charge in [-0.05, 0) is 31.2 Å². The summed E-state index contributed by atoms with van der Waals surface area (Å²) in [7, 11) is 0. The number of thiophene rings is 1. The van der Waals surface area contributed by atoms with Gasteiger partial charge in [0.15, 0.2) is 0 Å². The number of urea groups is 1. The van der Waals surface area contributed by atoms with Crippen molar-refractivity contribution in [1.29, 1.82) is 0 Å². The minimum absolute atomic E-state index is 0.0461. The third-order valence-corrected chi connectivity index (χ3v) is 4.02. The Morgan fingerprint density at radius 2 is 1.90 bits per heavy atom. The fourth-order valence-electron chi connectivity index (χ4n) is 1.62. The molecule has 0 bridgehead atoms. The first kappa shape index (κ1) is 15.6. The third-order valence-electron chi connectivity index (χ3n) is 2.49. The van der Waals surface area contributed by atoms with Gasteiger partial charge in [0.2, 0.25) is 0 Å². The molecular formula is C13H10Cl2N2O3S. The summed E-state index contributed by atoms with van der Waals surface area (Å²) in [6.07, 6.45) is 0. The number of anilines is 2. The first-order valence-electron chi connectivity index (χ1n) is 5.73. The minimum atomic E-state index is -1.10. The zero-order valence-electron chi connectivity index (χ0n) is 10.7. The lowest BCUT2D eigenvalue weighted by Gasteiger charge is -2.08. The van der Waals surface area contributed by atoms with Crippen LogP contribution >= 0.6 is 34.5 Å². The van der Waals surface area contributed by atoms with Gasteiger partial charge in [-0.3, -0.25) is 5.32 Å². The van der Waals surface area contributed by atoms with Crippen molar-refractivity contribution in [2.24, 2.45) is 0 Å². The number of hydrogen-bond donors (Lipinski definition) is 3. The molecule has 2 rings (SSSR count). The highest BCUT2D eigenvalue weighted by Gasteiger charge is 2.16. The summed E-state index contributed by atoms with van der Waals surface area (Å²) in [5.41, 5.74) is 0.386. The normalized spacial score (nSPS) is 10.2. The van der Waals surface area contributed by atoms with Crippen LogP contribution in [0, 0.1) is 6.92 Å². The Labute approximate surface area is 134 Å². The molecule has 0 aliphatic rings. The highest BCUT2D eigenvalue weighted by atomic mass is 35.5. The number of amides is 2. The Hall–Kier alpha value is -1.76. The van der Waals surface area contributed by atoms with Crippen LogP contribution in [0.5, 0.6) is 0 Å². The van der Waals surface area contributed by atoms with Crippen molar-refractivity contribution >= 4 is 57.2 Å². The monoisotopic (exact) mass is 344 g/mol. The fraction of sp³-hybridized carbons (Fsp3) is 0.0769. The van der Waals surface area contributed by atoms with Crippen LogP contribution in [-0.2, 0) is 0 Å². The van der Waals surface area contributed by atoms with E-state index in [-0.39, 0.29) is 10.6 Å². The van der Waals surface area contributed by atoms with E-state index in [1.165, 1.54) is 23.5 Å². The summed E-state index contributed by atoms with van der Waals surface area (Å²) in [4.78, 5) is 23.8. The van der Waals surface area contributed by atoms with Crippen LogP contribution < -0.4 is 10.6 Å². The average Bonchev–Trinajstić information content (AvgIpc) is 2.75. The maximum Gasteiger partial charge on any atom is 0.338 e. The Morgan fingerprint density at radius 1 is 1.19 bits per heavy atom. The standard InChI is InChI=1S/C13H10Cl2N2O3S/c1-6-4-8(12(18)19)11(21-6)17-13(20)16-10-5-7(14)2-3-9(10)15/h2-5H,1H3,(H,18,19)(H2,16,17,20). The molecule has 0 saturated heterocycles. The van der Waals surface area contributed by atoms with E-state index in [2.05, 4.69) is 10.6 Å². The molecule has 0 fully saturated rings. The number of nitrogens with one attached hydrogen (secondary N) is 2. The number of carboxylic acids is 1. The highest BCUT2D eigenvalue weighted by Crippen LogP contribution is 2.29. The molecule has 3 N–H and O–H groups in total. The predicted octanol–water partition coefficient (Wildman–Crippen LogP) is 4.71. The van der Waals surface area contributed by atoms with E-state index in [0.717, 1.165) is 4.88 Å². The molecule has 0 spiro atoms. The summed E-state index contributed by atoms with van der Waals surface area (Å²) in [6.45, 7) is 1.76. The number of carbonyl (C=O) groups excluding carboxylic acids is 1. The van der Waals surface area contributed by atoms with Crippen LogP contribution in [0.25, 0.3) is 0 Å². The van der Waals surface area contributed by atoms with Crippen LogP contribution in [-0.4, -0.2) is 17.1 Å². The molecule has 0 atom stereocenters. The second-order valence-electron chi connectivity index (χ2n) is 4.11. The van der Waals surface area contributed by atoms with Crippen LogP contribution in [0.1, 0.15) is 15.2 Å². The molecule has 0 aliphatic heterocycles. The highest BCUT2D eigenvalue weighted by molar-refractivity contribution is 7.16. The molecule has 0 aliphatic carbocycles. The number of aryl methyl sites for hydroxylation is 1. The first-order valence-corrected chi connectivity index (χ1v) is 7.31. The van der Waals surface area contributed by atoms with Gasteiger partial charge in [0.05, 0.1) is 16.3 Å². The van der Waals surface area contributed by atoms with Crippen LogP contribution in [0.4, 0.5) is 15.5 Å². The summed E-state index contributed by atoms with van der Waals surface area (Å²) >= 11 is 12.9. The maximum atomic E-state index is 11.9. The van der Waals surface area contributed by atoms with Gasteiger partial charge in [-0.25, -0.2) is 9.59 Å². The van der Waals surface area contributed by atoms with Crippen molar-refractivity contribution in [2.75, 3.05) is 10.6 Å². The van der Waals surface area contributed by atoms with Gasteiger partial charge < -0.3 is 10.4 Å². The molecule has 0 radical (unpaired) electrons. The number of hydrogen-bond acceptors (Lipinski definition) is 3. The van der Waals surface area contributed by atoms with Crippen LogP contribution in [0.15, 0.2) is 24.3 Å². The van der Waals surface area contributed by atoms with Gasteiger partial charge in [-0.1, -0.05) is 23.2 Å². The second-order valence-corrected chi connectivity index (χ2v) is 6.21. The van der Waals surface area contributed by atoms with Crippen molar-refractivity contribution in [3.8, 4) is 0 Å². The lowest BCUT2D eigenvalue weighted by Crippen LogP contribution is -2.20. The van der Waals surface area contributed by atoms with E-state index in [4.69, 9.17) is 28.3 Å². The second kappa shape index (κ2) is 6.34. The quantitative estimate of drug-likeness (QED) is 0.754. The third kappa shape index (κ3) is 3.87. The van der Waals surface area contributed by atoms with Crippen LogP contribution in [0.2, 0.25) is 10.0 Å². The summed E-state index contributed by atoms with van der Waals surface area (Å²) in [5, 5.41) is 15.1. The first-order chi connectivity index (χ1) is 9.86. The molecule has 1 heterocycles. The SMILES string of the molecule is Cc1cc(C(=O)O)c(NC(=O)Nc2cc(Cl)ccc2Cl)s1. The van der Waals surface area contributed by atoms with Gasteiger partial charge in [0.25, 0.3) is 0 Å². The lowest BCUT2D eigenvalue weighted by molar-refractivity contribution is 0.0698. The smallest absolute Gasteiger partial charge is 0.338 e. The van der Waals surface area contributed by atoms with E-state index in [1.807, 2.05) is 0 Å². The van der Waals surface area contributed by atoms with Crippen molar-refractivity contribution in [1.82, 2.24) is 0 Å². The molecule has 0 saturated carbocycles. The number of benzene rings is 1. The number of carboxylic acid groups (broad SMARTS) is 1. The molecule has 8 heteroatoms. The number of carbonyl (C=O) groups is 2. The van der Waals surface area contributed by atoms with E-state index < -0.39 is 12.0 Å². The predicted molar refractivity (Wildman–Crippen MR) is 85.1 cm³/mol. The number of rotatable bonds is 3. The van der Waals surface area contributed by atoms with E-state index >= 15 is 0 Å². The molecule has 0 unspecified atom stereocenters. The zero-order chi connectivity index (χ0) is 15.6. The van der Waals surface area contributed by atoms with Crippen molar-refractivity contribution in [3.63, 3.8) is 0 Å². The van der Waals surface area contributed by atoms with E-state index in [9.17, 15) is 9.59 Å². The van der Waals surface area contributed by atoms with Gasteiger partial charge in [0.1, 0.15) is 5.00 Å². The average molecular weight is 345 g/mol. The number of halogens is 2. The Bertz CT molecular complexity index is 715. The summed E-state index contributed by atoms with van der Waals surface area (Å²) in [5.74, 6) is -1.10. The van der Waals surface area contributed by atoms with Gasteiger partial charge >= 0.3 is 12.0 Å². The fourth-order valence-corrected chi connectivity index (χ4v) is 2.85. The van der Waals surface area contributed by atoms with Crippen molar-refractivity contribution in [2.45, 2.75) is 6.92 Å². The Morgan fingerprint density at radius 3 is 2.57 bits per heavy atom. The lowest BCUT2D eigenvalue weighted by atomic mass is 10.3. The van der Waals surface area contributed by atoms with Gasteiger partial charge in [0, 0.05) is 9.90 Å². The molecule has 5 nitrogen and oxygen atoms in total.